The number of benzene rings is 2. The number of alkyl halides is 3. The number of hydrogen-bond acceptors (Lipinski definition) is 6. The Morgan fingerprint density at radius 3 is 2.79 bits per heavy atom. The van der Waals surface area contributed by atoms with Crippen LogP contribution in [-0.4, -0.2) is 49.0 Å². The van der Waals surface area contributed by atoms with E-state index < -0.39 is 17.6 Å². The molecule has 0 fully saturated rings. The van der Waals surface area contributed by atoms with Crippen molar-refractivity contribution < 1.29 is 28.2 Å². The molecule has 2 aromatic carbocycles. The van der Waals surface area contributed by atoms with Crippen LogP contribution in [-0.2, 0) is 6.54 Å². The largest absolute Gasteiger partial charge is 0.487 e. The van der Waals surface area contributed by atoms with Crippen LogP contribution in [0.1, 0.15) is 10.4 Å². The van der Waals surface area contributed by atoms with E-state index in [1.54, 1.807) is 29.0 Å². The van der Waals surface area contributed by atoms with Crippen LogP contribution in [0.2, 0.25) is 0 Å². The van der Waals surface area contributed by atoms with Crippen molar-refractivity contribution in [2.75, 3.05) is 11.9 Å². The zero-order valence-electron chi connectivity index (χ0n) is 16.8. The smallest absolute Gasteiger partial charge is 0.462 e. The van der Waals surface area contributed by atoms with E-state index >= 15 is 0 Å². The third-order valence-corrected chi connectivity index (χ3v) is 5.08. The number of aromatic nitrogens is 4. The average molecular weight is 476 g/mol. The summed E-state index contributed by atoms with van der Waals surface area (Å²) in [6.07, 6.45) is 0.902. The van der Waals surface area contributed by atoms with Gasteiger partial charge in [-0.1, -0.05) is 0 Å². The second kappa shape index (κ2) is 8.01. The number of halogens is 3. The minimum Gasteiger partial charge on any atom is -0.462 e. The molecule has 0 radical (unpaired) electrons. The standard InChI is InChI=1S/C21H16ClF2N5O4/c22-21(23,24)33-14-3-1-12(2-4-14)26-19(31)11-7-15(16-5-6-25-28-16)18-17(8-11)27-20-29(18)9-13(30)10-32-20/h1-8,13,30H,9-10H2,(H,25,28)(H,26,31)/t13-/m1/s1. The average Bonchev–Trinajstić information content (AvgIpc) is 3.41. The number of nitrogens with one attached hydrogen (secondary N) is 2. The van der Waals surface area contributed by atoms with Gasteiger partial charge in [0.25, 0.3) is 11.9 Å². The highest BCUT2D eigenvalue weighted by Crippen LogP contribution is 2.34. The number of amides is 1. The lowest BCUT2D eigenvalue weighted by Gasteiger charge is -2.21. The first kappa shape index (κ1) is 21.2. The second-order valence-corrected chi connectivity index (χ2v) is 7.80. The summed E-state index contributed by atoms with van der Waals surface area (Å²) in [6, 6.07) is 10.7. The van der Waals surface area contributed by atoms with E-state index in [1.165, 1.54) is 24.3 Å². The van der Waals surface area contributed by atoms with Gasteiger partial charge in [-0.2, -0.15) is 10.1 Å². The maximum absolute atomic E-state index is 13.0. The number of anilines is 1. The number of hydrogen-bond donors (Lipinski definition) is 3. The summed E-state index contributed by atoms with van der Waals surface area (Å²) in [5.41, 5.74) is -0.662. The predicted octanol–water partition coefficient (Wildman–Crippen LogP) is 3.60. The maximum atomic E-state index is 13.0. The summed E-state index contributed by atoms with van der Waals surface area (Å²) in [7, 11) is 0. The predicted molar refractivity (Wildman–Crippen MR) is 115 cm³/mol. The molecule has 9 nitrogen and oxygen atoms in total. The summed E-state index contributed by atoms with van der Waals surface area (Å²) >= 11 is 4.76. The number of carbonyl (C=O) groups is 1. The summed E-state index contributed by atoms with van der Waals surface area (Å²) in [5.74, 6) is -0.595. The molecular formula is C21H16ClF2N5O4. The van der Waals surface area contributed by atoms with Crippen molar-refractivity contribution in [1.29, 1.82) is 0 Å². The molecule has 1 aliphatic rings. The fourth-order valence-corrected chi connectivity index (χ4v) is 3.74. The molecule has 1 aliphatic heterocycles. The molecule has 5 rings (SSSR count). The molecule has 4 aromatic rings. The summed E-state index contributed by atoms with van der Waals surface area (Å²) in [4.78, 5) is 17.4. The van der Waals surface area contributed by atoms with Crippen LogP contribution in [0.15, 0.2) is 48.7 Å². The third kappa shape index (κ3) is 4.32. The molecule has 12 heteroatoms. The number of imidazole rings is 1. The molecule has 0 saturated heterocycles. The van der Waals surface area contributed by atoms with Gasteiger partial charge in [0.1, 0.15) is 18.5 Å². The van der Waals surface area contributed by atoms with Crippen molar-refractivity contribution in [3.05, 3.63) is 54.2 Å². The number of carbonyl (C=O) groups excluding carboxylic acids is 1. The fourth-order valence-electron chi connectivity index (χ4n) is 3.65. The first-order valence-corrected chi connectivity index (χ1v) is 10.2. The zero-order chi connectivity index (χ0) is 23.2. The Hall–Kier alpha value is -3.70. The lowest BCUT2D eigenvalue weighted by molar-refractivity contribution is -0.0964. The topological polar surface area (TPSA) is 114 Å². The normalized spacial score (nSPS) is 15.7. The number of rotatable bonds is 5. The van der Waals surface area contributed by atoms with E-state index in [9.17, 15) is 18.7 Å². The van der Waals surface area contributed by atoms with Crippen LogP contribution in [0.3, 0.4) is 0 Å². The Kier molecular flexibility index (Phi) is 5.14. The van der Waals surface area contributed by atoms with Gasteiger partial charge < -0.3 is 19.9 Å². The molecule has 1 amide bonds. The van der Waals surface area contributed by atoms with Gasteiger partial charge in [0.05, 0.1) is 23.3 Å². The molecule has 0 aliphatic carbocycles. The first-order chi connectivity index (χ1) is 15.8. The van der Waals surface area contributed by atoms with E-state index in [2.05, 4.69) is 25.2 Å². The molecule has 3 N–H and O–H groups in total. The number of aliphatic hydroxyl groups is 1. The number of aliphatic hydroxyl groups excluding tert-OH is 1. The maximum Gasteiger partial charge on any atom is 0.487 e. The van der Waals surface area contributed by atoms with Crippen molar-refractivity contribution in [2.24, 2.45) is 0 Å². The van der Waals surface area contributed by atoms with E-state index in [4.69, 9.17) is 16.3 Å². The zero-order valence-corrected chi connectivity index (χ0v) is 17.5. The van der Waals surface area contributed by atoms with E-state index in [1.807, 2.05) is 0 Å². The molecule has 2 aromatic heterocycles. The van der Waals surface area contributed by atoms with Gasteiger partial charge in [-0.3, -0.25) is 14.5 Å². The number of H-pyrrole nitrogens is 1. The molecule has 0 bridgehead atoms. The Morgan fingerprint density at radius 1 is 1.30 bits per heavy atom. The fraction of sp³-hybridized carbons (Fsp3) is 0.190. The SMILES string of the molecule is O=C(Nc1ccc(OC(F)(F)Cl)cc1)c1cc(-c2ccn[nH]2)c2c(c1)nc1n2C[C@@H](O)CO1. The van der Waals surface area contributed by atoms with Gasteiger partial charge in [0, 0.05) is 34.6 Å². The van der Waals surface area contributed by atoms with Gasteiger partial charge >= 0.3 is 5.57 Å². The minimum atomic E-state index is -3.83. The number of fused-ring (bicyclic) bond motifs is 3. The highest BCUT2D eigenvalue weighted by atomic mass is 35.5. The van der Waals surface area contributed by atoms with Crippen molar-refractivity contribution >= 4 is 34.2 Å². The van der Waals surface area contributed by atoms with Crippen molar-refractivity contribution in [3.63, 3.8) is 0 Å². The van der Waals surface area contributed by atoms with Gasteiger partial charge in [0.15, 0.2) is 0 Å². The van der Waals surface area contributed by atoms with Gasteiger partial charge in [-0.05, 0) is 42.5 Å². The Morgan fingerprint density at radius 2 is 2.09 bits per heavy atom. The van der Waals surface area contributed by atoms with Crippen molar-refractivity contribution in [2.45, 2.75) is 18.2 Å². The molecule has 0 spiro atoms. The van der Waals surface area contributed by atoms with Gasteiger partial charge in [0.2, 0.25) is 0 Å². The molecule has 33 heavy (non-hydrogen) atoms. The van der Waals surface area contributed by atoms with Crippen molar-refractivity contribution in [1.82, 2.24) is 19.7 Å². The third-order valence-electron chi connectivity index (χ3n) is 5.00. The van der Waals surface area contributed by atoms with Crippen LogP contribution in [0.5, 0.6) is 11.8 Å². The summed E-state index contributed by atoms with van der Waals surface area (Å²) < 4.78 is 37.1. The van der Waals surface area contributed by atoms with Crippen LogP contribution in [0.4, 0.5) is 14.5 Å². The Balaban J connectivity index is 1.49. The minimum absolute atomic E-state index is 0.130. The van der Waals surface area contributed by atoms with Gasteiger partial charge in [-0.15, -0.1) is 8.78 Å². The second-order valence-electron chi connectivity index (χ2n) is 7.36. The molecular weight excluding hydrogens is 460 g/mol. The van der Waals surface area contributed by atoms with Crippen LogP contribution in [0, 0.1) is 0 Å². The molecule has 0 unspecified atom stereocenters. The lowest BCUT2D eigenvalue weighted by Crippen LogP contribution is -2.29. The van der Waals surface area contributed by atoms with Crippen molar-refractivity contribution in [3.8, 4) is 23.0 Å². The molecule has 0 saturated carbocycles. The molecule has 170 valence electrons. The highest BCUT2D eigenvalue weighted by Gasteiger charge is 2.28. The Bertz CT molecular complexity index is 1320. The number of aromatic amines is 1. The highest BCUT2D eigenvalue weighted by molar-refractivity contribution is 6.20. The van der Waals surface area contributed by atoms with E-state index in [0.29, 0.717) is 46.1 Å². The van der Waals surface area contributed by atoms with E-state index in [0.717, 1.165) is 0 Å². The summed E-state index contributed by atoms with van der Waals surface area (Å²) in [5, 5.41) is 19.6. The van der Waals surface area contributed by atoms with Crippen LogP contribution >= 0.6 is 11.6 Å². The van der Waals surface area contributed by atoms with Gasteiger partial charge in [-0.25, -0.2) is 0 Å². The van der Waals surface area contributed by atoms with Crippen LogP contribution < -0.4 is 14.8 Å². The lowest BCUT2D eigenvalue weighted by atomic mass is 10.0. The number of nitrogens with zero attached hydrogens (tertiary/aromatic N) is 3. The molecule has 1 atom stereocenters. The quantitative estimate of drug-likeness (QED) is 0.380. The monoisotopic (exact) mass is 475 g/mol. The Labute approximate surface area is 189 Å². The first-order valence-electron chi connectivity index (χ1n) is 9.79. The molecule has 3 heterocycles. The van der Waals surface area contributed by atoms with Crippen LogP contribution in [0.25, 0.3) is 22.3 Å². The van der Waals surface area contributed by atoms with E-state index in [-0.39, 0.29) is 12.4 Å². The summed E-state index contributed by atoms with van der Waals surface area (Å²) in [6.45, 7) is 0.430. The number of ether oxygens (including phenoxy) is 2.